The van der Waals surface area contributed by atoms with Gasteiger partial charge < -0.3 is 5.32 Å². The molecule has 0 aliphatic carbocycles. The van der Waals surface area contributed by atoms with Crippen LogP contribution in [0.2, 0.25) is 0 Å². The van der Waals surface area contributed by atoms with Gasteiger partial charge in [0, 0.05) is 6.04 Å². The fourth-order valence-electron chi connectivity index (χ4n) is 2.88. The van der Waals surface area contributed by atoms with Crippen molar-refractivity contribution in [3.8, 4) is 0 Å². The van der Waals surface area contributed by atoms with Crippen LogP contribution in [0, 0.1) is 0 Å². The lowest BCUT2D eigenvalue weighted by atomic mass is 10.0. The molecule has 5 nitrogen and oxygen atoms in total. The molecule has 3 aromatic rings. The van der Waals surface area contributed by atoms with E-state index in [1.807, 2.05) is 38.1 Å². The highest BCUT2D eigenvalue weighted by atomic mass is 32.2. The van der Waals surface area contributed by atoms with Crippen molar-refractivity contribution in [1.29, 1.82) is 0 Å². The van der Waals surface area contributed by atoms with E-state index in [4.69, 9.17) is 0 Å². The van der Waals surface area contributed by atoms with E-state index in [0.717, 1.165) is 35.0 Å². The van der Waals surface area contributed by atoms with E-state index < -0.39 is 10.0 Å². The molecule has 1 heterocycles. The zero-order chi connectivity index (χ0) is 19.4. The second kappa shape index (κ2) is 8.10. The molecule has 0 spiro atoms. The minimum Gasteiger partial charge on any atom is -0.349 e. The minimum atomic E-state index is -3.75. The maximum absolute atomic E-state index is 12.9. The van der Waals surface area contributed by atoms with Crippen molar-refractivity contribution in [2.45, 2.75) is 36.9 Å². The number of thiophene rings is 1. The zero-order valence-electron chi connectivity index (χ0n) is 15.2. The van der Waals surface area contributed by atoms with Crippen LogP contribution in [0.3, 0.4) is 0 Å². The average molecular weight is 403 g/mol. The lowest BCUT2D eigenvalue weighted by molar-refractivity contribution is 0.0936. The average Bonchev–Trinajstić information content (AvgIpc) is 3.21. The van der Waals surface area contributed by atoms with Gasteiger partial charge in [-0.1, -0.05) is 44.2 Å². The van der Waals surface area contributed by atoms with Crippen molar-refractivity contribution in [3.05, 3.63) is 59.5 Å². The van der Waals surface area contributed by atoms with Crippen molar-refractivity contribution in [3.63, 3.8) is 0 Å². The first kappa shape index (κ1) is 19.4. The summed E-state index contributed by atoms with van der Waals surface area (Å²) in [4.78, 5) is 12.9. The molecule has 7 heteroatoms. The Kier molecular flexibility index (Phi) is 5.82. The number of amides is 1. The lowest BCUT2D eigenvalue weighted by Crippen LogP contribution is -2.34. The number of carbonyl (C=O) groups excluding carboxylic acids is 1. The van der Waals surface area contributed by atoms with Crippen molar-refractivity contribution < 1.29 is 13.2 Å². The van der Waals surface area contributed by atoms with Crippen molar-refractivity contribution in [1.82, 2.24) is 5.32 Å². The maximum atomic E-state index is 12.9. The number of benzene rings is 2. The number of anilines is 1. The molecule has 0 aliphatic heterocycles. The highest BCUT2D eigenvalue weighted by molar-refractivity contribution is 7.94. The van der Waals surface area contributed by atoms with Gasteiger partial charge in [-0.25, -0.2) is 8.42 Å². The largest absolute Gasteiger partial charge is 0.349 e. The van der Waals surface area contributed by atoms with Gasteiger partial charge in [-0.05, 0) is 47.2 Å². The second-order valence-electron chi connectivity index (χ2n) is 6.27. The second-order valence-corrected chi connectivity index (χ2v) is 9.13. The monoisotopic (exact) mass is 402 g/mol. The van der Waals surface area contributed by atoms with E-state index in [9.17, 15) is 13.2 Å². The number of carbonyl (C=O) groups is 1. The normalized spacial score (nSPS) is 11.7. The van der Waals surface area contributed by atoms with Crippen LogP contribution >= 0.6 is 11.3 Å². The van der Waals surface area contributed by atoms with Gasteiger partial charge in [0.15, 0.2) is 0 Å². The van der Waals surface area contributed by atoms with E-state index in [-0.39, 0.29) is 21.8 Å². The van der Waals surface area contributed by atoms with E-state index in [2.05, 4.69) is 10.0 Å². The highest BCUT2D eigenvalue weighted by Crippen LogP contribution is 2.28. The molecular weight excluding hydrogens is 380 g/mol. The van der Waals surface area contributed by atoms with Crippen molar-refractivity contribution in [2.75, 3.05) is 4.72 Å². The summed E-state index contributed by atoms with van der Waals surface area (Å²) < 4.78 is 28.2. The van der Waals surface area contributed by atoms with Crippen LogP contribution in [0.1, 0.15) is 37.0 Å². The summed E-state index contributed by atoms with van der Waals surface area (Å²) in [5.41, 5.74) is 0.603. The van der Waals surface area contributed by atoms with Crippen LogP contribution in [0.25, 0.3) is 10.8 Å². The Morgan fingerprint density at radius 1 is 1.04 bits per heavy atom. The molecule has 0 saturated heterocycles. The Labute approximate surface area is 163 Å². The molecule has 2 N–H and O–H groups in total. The van der Waals surface area contributed by atoms with Gasteiger partial charge in [0.05, 0.1) is 11.3 Å². The topological polar surface area (TPSA) is 75.3 Å². The highest BCUT2D eigenvalue weighted by Gasteiger charge is 2.21. The Balaban J connectivity index is 2.05. The van der Waals surface area contributed by atoms with Crippen molar-refractivity contribution in [2.24, 2.45) is 0 Å². The molecule has 0 saturated carbocycles. The summed E-state index contributed by atoms with van der Waals surface area (Å²) >= 11 is 1.13. The van der Waals surface area contributed by atoms with Crippen LogP contribution in [-0.2, 0) is 10.0 Å². The predicted octanol–water partition coefficient (Wildman–Crippen LogP) is 4.62. The Bertz CT molecular complexity index is 1040. The first-order valence-electron chi connectivity index (χ1n) is 8.84. The van der Waals surface area contributed by atoms with Gasteiger partial charge >= 0.3 is 0 Å². The number of rotatable bonds is 7. The first-order valence-corrected chi connectivity index (χ1v) is 11.2. The summed E-state index contributed by atoms with van der Waals surface area (Å²) in [5, 5.41) is 6.43. The van der Waals surface area contributed by atoms with Gasteiger partial charge in [0.1, 0.15) is 4.21 Å². The van der Waals surface area contributed by atoms with Gasteiger partial charge in [0.2, 0.25) is 0 Å². The smallest absolute Gasteiger partial charge is 0.271 e. The first-order chi connectivity index (χ1) is 12.9. The van der Waals surface area contributed by atoms with Crippen LogP contribution in [0.4, 0.5) is 5.69 Å². The minimum absolute atomic E-state index is 0.0470. The predicted molar refractivity (Wildman–Crippen MR) is 111 cm³/mol. The molecular formula is C20H22N2O3S2. The third kappa shape index (κ3) is 4.31. The third-order valence-corrected chi connectivity index (χ3v) is 7.22. The summed E-state index contributed by atoms with van der Waals surface area (Å²) in [7, 11) is -3.75. The number of fused-ring (bicyclic) bond motifs is 1. The summed E-state index contributed by atoms with van der Waals surface area (Å²) in [6.07, 6.45) is 1.62. The van der Waals surface area contributed by atoms with Crippen LogP contribution in [0.5, 0.6) is 0 Å². The summed E-state index contributed by atoms with van der Waals surface area (Å²) in [6.45, 7) is 4.02. The van der Waals surface area contributed by atoms with Gasteiger partial charge in [-0.3, -0.25) is 9.52 Å². The molecule has 27 heavy (non-hydrogen) atoms. The van der Waals surface area contributed by atoms with E-state index in [0.29, 0.717) is 5.56 Å². The van der Waals surface area contributed by atoms with Crippen molar-refractivity contribution >= 4 is 43.7 Å². The Morgan fingerprint density at radius 2 is 1.70 bits per heavy atom. The van der Waals surface area contributed by atoms with Crippen LogP contribution < -0.4 is 10.0 Å². The molecule has 0 atom stereocenters. The maximum Gasteiger partial charge on any atom is 0.271 e. The molecule has 2 aromatic carbocycles. The molecule has 0 fully saturated rings. The molecule has 0 unspecified atom stereocenters. The number of nitrogens with one attached hydrogen (secondary N) is 2. The zero-order valence-corrected chi connectivity index (χ0v) is 16.9. The van der Waals surface area contributed by atoms with Gasteiger partial charge in [0.25, 0.3) is 15.9 Å². The fourth-order valence-corrected chi connectivity index (χ4v) is 4.94. The Hall–Kier alpha value is -2.38. The van der Waals surface area contributed by atoms with Crippen LogP contribution in [-0.4, -0.2) is 20.4 Å². The van der Waals surface area contributed by atoms with E-state index in [1.54, 1.807) is 23.6 Å². The summed E-state index contributed by atoms with van der Waals surface area (Å²) in [5.74, 6) is -0.279. The standard InChI is InChI=1S/C20H22N2O3S2/c1-3-16(4-2)21-20(23)17-12-14-8-5-6-9-15(14)13-18(17)22-27(24,25)19-10-7-11-26-19/h5-13,16,22H,3-4H2,1-2H3,(H,21,23). The van der Waals surface area contributed by atoms with Gasteiger partial charge in [-0.15, -0.1) is 11.3 Å². The molecule has 0 radical (unpaired) electrons. The quantitative estimate of drug-likeness (QED) is 0.605. The third-order valence-electron chi connectivity index (χ3n) is 4.46. The molecule has 0 bridgehead atoms. The van der Waals surface area contributed by atoms with Gasteiger partial charge in [-0.2, -0.15) is 0 Å². The number of sulfonamides is 1. The number of hydrogen-bond donors (Lipinski definition) is 2. The van der Waals surface area contributed by atoms with E-state index in [1.165, 1.54) is 6.07 Å². The van der Waals surface area contributed by atoms with Crippen LogP contribution in [0.15, 0.2) is 58.1 Å². The summed E-state index contributed by atoms with van der Waals surface area (Å²) in [6, 6.07) is 14.3. The fraction of sp³-hybridized carbons (Fsp3) is 0.250. The molecule has 1 aromatic heterocycles. The van der Waals surface area contributed by atoms with E-state index >= 15 is 0 Å². The number of hydrogen-bond acceptors (Lipinski definition) is 4. The molecule has 142 valence electrons. The SMILES string of the molecule is CCC(CC)NC(=O)c1cc2ccccc2cc1NS(=O)(=O)c1cccs1. The molecule has 1 amide bonds. The molecule has 0 aliphatic rings. The molecule has 3 rings (SSSR count). The Morgan fingerprint density at radius 3 is 2.30 bits per heavy atom. The lowest BCUT2D eigenvalue weighted by Gasteiger charge is -2.18.